The van der Waals surface area contributed by atoms with Gasteiger partial charge in [-0.15, -0.1) is 25.3 Å². The summed E-state index contributed by atoms with van der Waals surface area (Å²) in [6.45, 7) is 5.56. The second-order valence-corrected chi connectivity index (χ2v) is 7.09. The Balaban J connectivity index is 2.17. The minimum Gasteiger partial charge on any atom is -0.314 e. The molecule has 0 amide bonds. The molecule has 2 fully saturated rings. The molecule has 20 heavy (non-hydrogen) atoms. The molecule has 0 aliphatic carbocycles. The molecule has 1 N–H and O–H groups in total. The molecule has 2 saturated heterocycles. The fraction of sp³-hybridized carbons (Fsp3) is 0.818. The number of hydrazine groups is 3. The fourth-order valence-electron chi connectivity index (χ4n) is 2.55. The van der Waals surface area contributed by atoms with E-state index in [2.05, 4.69) is 40.6 Å². The molecule has 9 heteroatoms. The first-order valence-electron chi connectivity index (χ1n) is 6.87. The summed E-state index contributed by atoms with van der Waals surface area (Å²) in [7, 11) is 0. The lowest BCUT2D eigenvalue weighted by molar-refractivity contribution is -0.187. The average molecular weight is 352 g/mol. The minimum atomic E-state index is 0.494. The molecule has 0 aromatic carbocycles. The van der Waals surface area contributed by atoms with E-state index in [1.165, 1.54) is 19.3 Å². The Bertz CT molecular complexity index is 321. The quantitative estimate of drug-likeness (QED) is 0.390. The maximum atomic E-state index is 5.33. The van der Waals surface area contributed by atoms with Crippen molar-refractivity contribution in [2.45, 2.75) is 19.3 Å². The van der Waals surface area contributed by atoms with Gasteiger partial charge in [-0.1, -0.05) is 6.42 Å². The third-order valence-electron chi connectivity index (χ3n) is 3.48. The molecule has 0 atom stereocenters. The van der Waals surface area contributed by atoms with Gasteiger partial charge in [0.15, 0.2) is 8.64 Å². The van der Waals surface area contributed by atoms with Crippen LogP contribution in [0.2, 0.25) is 0 Å². The van der Waals surface area contributed by atoms with E-state index in [9.17, 15) is 0 Å². The molecule has 5 nitrogen and oxygen atoms in total. The van der Waals surface area contributed by atoms with Crippen LogP contribution in [0.25, 0.3) is 0 Å². The van der Waals surface area contributed by atoms with Gasteiger partial charge in [0.2, 0.25) is 0 Å². The normalized spacial score (nSPS) is 21.5. The molecule has 0 radical (unpaired) electrons. The third-order valence-corrected chi connectivity index (χ3v) is 4.17. The summed E-state index contributed by atoms with van der Waals surface area (Å²) >= 11 is 19.4. The van der Waals surface area contributed by atoms with Crippen LogP contribution in [0.4, 0.5) is 0 Å². The van der Waals surface area contributed by atoms with E-state index in [-0.39, 0.29) is 0 Å². The number of nitrogens with one attached hydrogen (secondary N) is 1. The van der Waals surface area contributed by atoms with E-state index in [1.807, 2.05) is 10.2 Å². The number of nitrogens with zero attached hydrogens (tertiary/aromatic N) is 4. The molecule has 2 aliphatic rings. The Kier molecular flexibility index (Phi) is 6.79. The van der Waals surface area contributed by atoms with Crippen molar-refractivity contribution in [2.75, 3.05) is 39.3 Å². The summed E-state index contributed by atoms with van der Waals surface area (Å²) in [4.78, 5) is 0. The predicted octanol–water partition coefficient (Wildman–Crippen LogP) is 1.16. The van der Waals surface area contributed by atoms with Gasteiger partial charge in [-0.2, -0.15) is 20.3 Å². The van der Waals surface area contributed by atoms with Crippen LogP contribution < -0.4 is 5.32 Å². The van der Waals surface area contributed by atoms with Crippen molar-refractivity contribution in [1.29, 1.82) is 0 Å². The number of hydrogen-bond donors (Lipinski definition) is 3. The molecule has 0 aromatic rings. The first-order chi connectivity index (χ1) is 9.61. The molecule has 0 unspecified atom stereocenters. The van der Waals surface area contributed by atoms with Gasteiger partial charge in [0.05, 0.1) is 0 Å². The zero-order valence-corrected chi connectivity index (χ0v) is 14.8. The second-order valence-electron chi connectivity index (χ2n) is 4.86. The second kappa shape index (κ2) is 8.11. The number of piperidine rings is 1. The van der Waals surface area contributed by atoms with Crippen LogP contribution in [0.15, 0.2) is 0 Å². The van der Waals surface area contributed by atoms with Gasteiger partial charge in [0, 0.05) is 39.3 Å². The molecule has 0 spiro atoms. The number of piperazine rings is 1. The fourth-order valence-corrected chi connectivity index (χ4v) is 3.36. The first-order valence-corrected chi connectivity index (χ1v) is 8.59. The zero-order chi connectivity index (χ0) is 14.5. The highest BCUT2D eigenvalue weighted by atomic mass is 32.1. The van der Waals surface area contributed by atoms with Crippen molar-refractivity contribution in [1.82, 2.24) is 25.6 Å². The van der Waals surface area contributed by atoms with E-state index in [0.717, 1.165) is 39.3 Å². The lowest BCUT2D eigenvalue weighted by Crippen LogP contribution is -2.65. The van der Waals surface area contributed by atoms with Gasteiger partial charge >= 0.3 is 0 Å². The van der Waals surface area contributed by atoms with Crippen LogP contribution in [0.3, 0.4) is 0 Å². The van der Waals surface area contributed by atoms with Crippen molar-refractivity contribution in [2.24, 2.45) is 0 Å². The number of rotatable bonds is 2. The van der Waals surface area contributed by atoms with Crippen molar-refractivity contribution in [3.8, 4) is 0 Å². The van der Waals surface area contributed by atoms with Gasteiger partial charge < -0.3 is 5.32 Å². The average Bonchev–Trinajstić information content (AvgIpc) is 2.45. The Morgan fingerprint density at radius 3 is 1.70 bits per heavy atom. The van der Waals surface area contributed by atoms with Gasteiger partial charge in [-0.05, 0) is 37.3 Å². The van der Waals surface area contributed by atoms with Gasteiger partial charge in [0.25, 0.3) is 0 Å². The van der Waals surface area contributed by atoms with Gasteiger partial charge in [0.1, 0.15) is 0 Å². The smallest absolute Gasteiger partial charge is 0.171 e. The van der Waals surface area contributed by atoms with Crippen molar-refractivity contribution in [3.05, 3.63) is 0 Å². The predicted molar refractivity (Wildman–Crippen MR) is 96.7 cm³/mol. The monoisotopic (exact) mass is 351 g/mol. The Morgan fingerprint density at radius 2 is 1.25 bits per heavy atom. The zero-order valence-electron chi connectivity index (χ0n) is 11.4. The summed E-state index contributed by atoms with van der Waals surface area (Å²) in [5.74, 6) is 0. The van der Waals surface area contributed by atoms with E-state index in [0.29, 0.717) is 8.64 Å². The van der Waals surface area contributed by atoms with Crippen molar-refractivity contribution >= 4 is 58.3 Å². The molecule has 114 valence electrons. The van der Waals surface area contributed by atoms with Crippen molar-refractivity contribution < 1.29 is 0 Å². The molecule has 0 saturated carbocycles. The summed E-state index contributed by atoms with van der Waals surface area (Å²) in [6.07, 6.45) is 3.60. The van der Waals surface area contributed by atoms with Gasteiger partial charge in [-0.3, -0.25) is 0 Å². The minimum absolute atomic E-state index is 0.494. The molecule has 2 heterocycles. The van der Waals surface area contributed by atoms with Crippen LogP contribution in [0.1, 0.15) is 19.3 Å². The standard InChI is InChI=1S/C11H21N5S4/c17-10(18)15(13-6-2-1-3-7-13)16(11(19)20)14-8-4-12-5-9-14/h12H,1-9H2,(H,17,18)(H,19,20). The SMILES string of the molecule is S=C(S)N(N1CCCCC1)N(C(=S)S)N1CCNCC1. The van der Waals surface area contributed by atoms with Crippen LogP contribution in [-0.2, 0) is 0 Å². The van der Waals surface area contributed by atoms with Crippen LogP contribution in [-0.4, -0.2) is 68.2 Å². The summed E-state index contributed by atoms with van der Waals surface area (Å²) < 4.78 is 0.996. The topological polar surface area (TPSA) is 25.0 Å². The third kappa shape index (κ3) is 4.19. The van der Waals surface area contributed by atoms with E-state index in [1.54, 1.807) is 0 Å². The van der Waals surface area contributed by atoms with Crippen LogP contribution in [0, 0.1) is 0 Å². The van der Waals surface area contributed by atoms with E-state index >= 15 is 0 Å². The van der Waals surface area contributed by atoms with Crippen LogP contribution in [0.5, 0.6) is 0 Å². The lowest BCUT2D eigenvalue weighted by atomic mass is 10.2. The molecule has 0 bridgehead atoms. The first kappa shape index (κ1) is 16.7. The number of hydrogen-bond acceptors (Lipinski definition) is 5. The summed E-state index contributed by atoms with van der Waals surface area (Å²) in [6, 6.07) is 0. The Morgan fingerprint density at radius 1 is 0.800 bits per heavy atom. The highest BCUT2D eigenvalue weighted by molar-refractivity contribution is 8.11. The molecule has 0 aromatic heterocycles. The summed E-state index contributed by atoms with van der Waals surface area (Å²) in [5, 5.41) is 11.5. The molecule has 2 aliphatic heterocycles. The Hall–Kier alpha value is 0.360. The largest absolute Gasteiger partial charge is 0.314 e. The van der Waals surface area contributed by atoms with Gasteiger partial charge in [-0.25, -0.2) is 0 Å². The molecule has 2 rings (SSSR count). The molecular formula is C11H21N5S4. The Labute approximate surface area is 142 Å². The molecular weight excluding hydrogens is 330 g/mol. The maximum Gasteiger partial charge on any atom is 0.171 e. The number of thiocarbonyl (C=S) groups is 2. The van der Waals surface area contributed by atoms with E-state index < -0.39 is 0 Å². The summed E-state index contributed by atoms with van der Waals surface area (Å²) in [5.41, 5.74) is 0. The van der Waals surface area contributed by atoms with Crippen LogP contribution >= 0.6 is 49.7 Å². The number of thiol groups is 2. The lowest BCUT2D eigenvalue weighted by Gasteiger charge is -2.49. The van der Waals surface area contributed by atoms with E-state index in [4.69, 9.17) is 24.4 Å². The highest BCUT2D eigenvalue weighted by Crippen LogP contribution is 2.19. The maximum absolute atomic E-state index is 5.33. The van der Waals surface area contributed by atoms with Crippen molar-refractivity contribution in [3.63, 3.8) is 0 Å². The highest BCUT2D eigenvalue weighted by Gasteiger charge is 2.31.